The fourth-order valence-corrected chi connectivity index (χ4v) is 3.77. The van der Waals surface area contributed by atoms with Crippen molar-refractivity contribution in [2.24, 2.45) is 0 Å². The quantitative estimate of drug-likeness (QED) is 0.575. The highest BCUT2D eigenvalue weighted by Gasteiger charge is 2.31. The summed E-state index contributed by atoms with van der Waals surface area (Å²) in [5.41, 5.74) is 1.30. The van der Waals surface area contributed by atoms with Crippen LogP contribution in [0.25, 0.3) is 0 Å². The van der Waals surface area contributed by atoms with E-state index in [4.69, 9.17) is 0 Å². The molecule has 0 aliphatic carbocycles. The SMILES string of the molecule is CCSC1=C(C)N(c2ccc(C(F)(F)F)cc2I)CC=C1. The second-order valence-electron chi connectivity index (χ2n) is 4.56. The molecular weight excluding hydrogens is 410 g/mol. The van der Waals surface area contributed by atoms with Crippen LogP contribution in [0.3, 0.4) is 0 Å². The molecule has 0 amide bonds. The van der Waals surface area contributed by atoms with E-state index in [0.29, 0.717) is 10.1 Å². The maximum atomic E-state index is 12.7. The Labute approximate surface area is 140 Å². The highest BCUT2D eigenvalue weighted by Crippen LogP contribution is 2.36. The van der Waals surface area contributed by atoms with Crippen molar-refractivity contribution in [1.82, 2.24) is 0 Å². The number of hydrogen-bond donors (Lipinski definition) is 0. The summed E-state index contributed by atoms with van der Waals surface area (Å²) in [6, 6.07) is 3.91. The van der Waals surface area contributed by atoms with Gasteiger partial charge in [0.05, 0.1) is 11.3 Å². The predicted octanol–water partition coefficient (Wildman–Crippen LogP) is 5.67. The fourth-order valence-electron chi connectivity index (χ4n) is 2.14. The summed E-state index contributed by atoms with van der Waals surface area (Å²) in [6.07, 6.45) is -0.177. The lowest BCUT2D eigenvalue weighted by atomic mass is 10.1. The van der Waals surface area contributed by atoms with E-state index in [1.807, 2.05) is 35.6 Å². The lowest BCUT2D eigenvalue weighted by Gasteiger charge is -2.30. The van der Waals surface area contributed by atoms with Crippen molar-refractivity contribution in [3.63, 3.8) is 0 Å². The highest BCUT2D eigenvalue weighted by molar-refractivity contribution is 14.1. The summed E-state index contributed by atoms with van der Waals surface area (Å²) < 4.78 is 38.8. The van der Waals surface area contributed by atoms with Crippen LogP contribution in [-0.2, 0) is 6.18 Å². The second kappa shape index (κ2) is 6.64. The van der Waals surface area contributed by atoms with E-state index in [-0.39, 0.29) is 0 Å². The zero-order valence-corrected chi connectivity index (χ0v) is 14.6. The fraction of sp³-hybridized carbons (Fsp3) is 0.333. The minimum absolute atomic E-state index is 0.604. The summed E-state index contributed by atoms with van der Waals surface area (Å²) in [5, 5.41) is 0. The Balaban J connectivity index is 2.37. The van der Waals surface area contributed by atoms with Gasteiger partial charge in [0, 0.05) is 20.7 Å². The Hall–Kier alpha value is -0.630. The predicted molar refractivity (Wildman–Crippen MR) is 91.5 cm³/mol. The topological polar surface area (TPSA) is 3.24 Å². The first-order chi connectivity index (χ1) is 9.84. The van der Waals surface area contributed by atoms with Gasteiger partial charge in [-0.1, -0.05) is 13.0 Å². The van der Waals surface area contributed by atoms with Gasteiger partial charge in [0.25, 0.3) is 0 Å². The molecule has 1 aromatic carbocycles. The Morgan fingerprint density at radius 2 is 2.05 bits per heavy atom. The average molecular weight is 425 g/mol. The Morgan fingerprint density at radius 3 is 2.62 bits per heavy atom. The summed E-state index contributed by atoms with van der Waals surface area (Å²) in [4.78, 5) is 3.22. The zero-order valence-electron chi connectivity index (χ0n) is 11.7. The molecule has 114 valence electrons. The smallest absolute Gasteiger partial charge is 0.340 e. The van der Waals surface area contributed by atoms with E-state index >= 15 is 0 Å². The van der Waals surface area contributed by atoms with Gasteiger partial charge in [-0.25, -0.2) is 0 Å². The molecule has 0 spiro atoms. The van der Waals surface area contributed by atoms with Crippen molar-refractivity contribution >= 4 is 40.0 Å². The number of anilines is 1. The molecule has 0 saturated carbocycles. The second-order valence-corrected chi connectivity index (χ2v) is 7.03. The van der Waals surface area contributed by atoms with Crippen molar-refractivity contribution in [3.8, 4) is 0 Å². The molecule has 0 N–H and O–H groups in total. The number of thioether (sulfide) groups is 1. The number of rotatable bonds is 3. The summed E-state index contributed by atoms with van der Waals surface area (Å²) in [7, 11) is 0. The van der Waals surface area contributed by atoms with E-state index in [1.54, 1.807) is 17.8 Å². The van der Waals surface area contributed by atoms with Crippen LogP contribution in [0.1, 0.15) is 19.4 Å². The van der Waals surface area contributed by atoms with Gasteiger partial charge in [0.2, 0.25) is 0 Å². The molecule has 0 radical (unpaired) electrons. The largest absolute Gasteiger partial charge is 0.416 e. The third kappa shape index (κ3) is 3.77. The maximum absolute atomic E-state index is 12.7. The van der Waals surface area contributed by atoms with E-state index < -0.39 is 11.7 Å². The van der Waals surface area contributed by atoms with Crippen LogP contribution < -0.4 is 4.90 Å². The maximum Gasteiger partial charge on any atom is 0.416 e. The molecule has 0 saturated heterocycles. The Morgan fingerprint density at radius 1 is 1.33 bits per heavy atom. The number of alkyl halides is 3. The van der Waals surface area contributed by atoms with Gasteiger partial charge in [0.1, 0.15) is 0 Å². The molecule has 1 aliphatic rings. The Bertz CT molecular complexity index is 593. The molecule has 21 heavy (non-hydrogen) atoms. The van der Waals surface area contributed by atoms with Crippen molar-refractivity contribution in [3.05, 3.63) is 50.1 Å². The normalized spacial score (nSPS) is 15.8. The number of halogens is 4. The van der Waals surface area contributed by atoms with Gasteiger partial charge in [-0.3, -0.25) is 0 Å². The molecule has 6 heteroatoms. The number of allylic oxidation sites excluding steroid dienone is 2. The lowest BCUT2D eigenvalue weighted by molar-refractivity contribution is -0.137. The third-order valence-electron chi connectivity index (χ3n) is 3.18. The van der Waals surface area contributed by atoms with Gasteiger partial charge in [-0.05, 0) is 59.5 Å². The van der Waals surface area contributed by atoms with Gasteiger partial charge < -0.3 is 4.90 Å². The van der Waals surface area contributed by atoms with Crippen molar-refractivity contribution in [1.29, 1.82) is 0 Å². The molecule has 0 bridgehead atoms. The van der Waals surface area contributed by atoms with Crippen molar-refractivity contribution in [2.45, 2.75) is 20.0 Å². The van der Waals surface area contributed by atoms with Crippen LogP contribution in [0.2, 0.25) is 0 Å². The van der Waals surface area contributed by atoms with E-state index in [2.05, 4.69) is 17.9 Å². The first kappa shape index (κ1) is 16.7. The van der Waals surface area contributed by atoms with E-state index in [0.717, 1.165) is 23.2 Å². The molecule has 0 aromatic heterocycles. The van der Waals surface area contributed by atoms with Gasteiger partial charge in [0.15, 0.2) is 0 Å². The number of benzene rings is 1. The van der Waals surface area contributed by atoms with Crippen molar-refractivity contribution < 1.29 is 13.2 Å². The minimum Gasteiger partial charge on any atom is -0.340 e. The summed E-state index contributed by atoms with van der Waals surface area (Å²) in [6.45, 7) is 4.77. The third-order valence-corrected chi connectivity index (χ3v) is 5.08. The Kier molecular flexibility index (Phi) is 5.29. The number of nitrogens with zero attached hydrogens (tertiary/aromatic N) is 1. The molecule has 1 nitrogen and oxygen atoms in total. The first-order valence-corrected chi connectivity index (χ1v) is 8.55. The molecule has 0 fully saturated rings. The summed E-state index contributed by atoms with van der Waals surface area (Å²) >= 11 is 3.71. The molecule has 1 aliphatic heterocycles. The van der Waals surface area contributed by atoms with Crippen LogP contribution >= 0.6 is 34.4 Å². The van der Waals surface area contributed by atoms with Crippen LogP contribution in [0, 0.1) is 3.57 Å². The lowest BCUT2D eigenvalue weighted by Crippen LogP contribution is -2.25. The molecule has 1 heterocycles. The van der Waals surface area contributed by atoms with Gasteiger partial charge in [-0.2, -0.15) is 13.2 Å². The van der Waals surface area contributed by atoms with Crippen LogP contribution in [-0.4, -0.2) is 12.3 Å². The monoisotopic (exact) mass is 425 g/mol. The van der Waals surface area contributed by atoms with E-state index in [9.17, 15) is 13.2 Å². The van der Waals surface area contributed by atoms with E-state index in [1.165, 1.54) is 11.0 Å². The van der Waals surface area contributed by atoms with Crippen molar-refractivity contribution in [2.75, 3.05) is 17.2 Å². The minimum atomic E-state index is -4.30. The molecule has 1 aromatic rings. The first-order valence-electron chi connectivity index (χ1n) is 6.49. The molecule has 0 unspecified atom stereocenters. The zero-order chi connectivity index (χ0) is 15.6. The number of hydrogen-bond acceptors (Lipinski definition) is 2. The highest BCUT2D eigenvalue weighted by atomic mass is 127. The molecule has 0 atom stereocenters. The average Bonchev–Trinajstić information content (AvgIpc) is 2.41. The molecular formula is C15H15F3INS. The van der Waals surface area contributed by atoms with Gasteiger partial charge >= 0.3 is 6.18 Å². The van der Waals surface area contributed by atoms with Gasteiger partial charge in [-0.15, -0.1) is 11.8 Å². The molecule has 2 rings (SSSR count). The summed E-state index contributed by atoms with van der Waals surface area (Å²) in [5.74, 6) is 0.967. The van der Waals surface area contributed by atoms with Crippen LogP contribution in [0.5, 0.6) is 0 Å². The van der Waals surface area contributed by atoms with Crippen LogP contribution in [0.15, 0.2) is 41.0 Å². The van der Waals surface area contributed by atoms with Crippen LogP contribution in [0.4, 0.5) is 18.9 Å². The standard InChI is InChI=1S/C15H15F3INS/c1-3-21-14-5-4-8-20(10(14)2)13-7-6-11(9-12(13)19)15(16,17)18/h4-7,9H,3,8H2,1-2H3.